The van der Waals surface area contributed by atoms with Crippen molar-refractivity contribution in [3.05, 3.63) is 89.6 Å². The molecule has 210 valence electrons. The van der Waals surface area contributed by atoms with Crippen molar-refractivity contribution in [2.24, 2.45) is 0 Å². The minimum atomic E-state index is -0.932. The van der Waals surface area contributed by atoms with E-state index in [1.54, 1.807) is 0 Å². The van der Waals surface area contributed by atoms with Gasteiger partial charge in [-0.2, -0.15) is 5.10 Å². The van der Waals surface area contributed by atoms with E-state index in [-0.39, 0.29) is 30.3 Å². The molecule has 3 aromatic carbocycles. The number of aliphatic carboxylic acids is 1. The first kappa shape index (κ1) is 29.1. The van der Waals surface area contributed by atoms with Crippen LogP contribution in [0.4, 0.5) is 0 Å². The third-order valence-electron chi connectivity index (χ3n) is 7.49. The third kappa shape index (κ3) is 7.17. The van der Waals surface area contributed by atoms with Gasteiger partial charge in [0.25, 0.3) is 5.91 Å². The molecule has 0 aliphatic rings. The SMILES string of the molecule is CCCCCCC(c1ccc(C(=O)NCCC(=O)O)cc1)n1ncc2cc(-c3ccc(C(C)(C)C)cc3)ccc21. The van der Waals surface area contributed by atoms with Crippen molar-refractivity contribution < 1.29 is 14.7 Å². The molecule has 0 bridgehead atoms. The molecule has 1 amide bonds. The molecule has 4 rings (SSSR count). The van der Waals surface area contributed by atoms with Crippen LogP contribution in [0.3, 0.4) is 0 Å². The number of nitrogens with zero attached hydrogens (tertiary/aromatic N) is 2. The minimum Gasteiger partial charge on any atom is -0.481 e. The normalized spacial score (nSPS) is 12.4. The van der Waals surface area contributed by atoms with Gasteiger partial charge in [-0.25, -0.2) is 0 Å². The van der Waals surface area contributed by atoms with E-state index in [1.807, 2.05) is 30.5 Å². The Balaban J connectivity index is 1.59. The second kappa shape index (κ2) is 12.9. The maximum absolute atomic E-state index is 12.4. The first-order chi connectivity index (χ1) is 19.2. The fourth-order valence-corrected chi connectivity index (χ4v) is 5.08. The van der Waals surface area contributed by atoms with Crippen LogP contribution < -0.4 is 5.32 Å². The van der Waals surface area contributed by atoms with Crippen LogP contribution in [-0.2, 0) is 10.2 Å². The van der Waals surface area contributed by atoms with Crippen molar-refractivity contribution in [3.8, 4) is 11.1 Å². The number of carboxylic acids is 1. The van der Waals surface area contributed by atoms with Crippen molar-refractivity contribution in [1.82, 2.24) is 15.1 Å². The Labute approximate surface area is 237 Å². The molecule has 1 aromatic heterocycles. The summed E-state index contributed by atoms with van der Waals surface area (Å²) in [6.07, 6.45) is 7.46. The molecule has 2 N–H and O–H groups in total. The summed E-state index contributed by atoms with van der Waals surface area (Å²) in [5.41, 5.74) is 6.52. The molecule has 0 saturated carbocycles. The van der Waals surface area contributed by atoms with Gasteiger partial charge >= 0.3 is 5.97 Å². The molecule has 1 atom stereocenters. The summed E-state index contributed by atoms with van der Waals surface area (Å²) in [5.74, 6) is -1.20. The monoisotopic (exact) mass is 539 g/mol. The van der Waals surface area contributed by atoms with Gasteiger partial charge in [-0.05, 0) is 58.4 Å². The number of nitrogens with one attached hydrogen (secondary N) is 1. The molecule has 40 heavy (non-hydrogen) atoms. The van der Waals surface area contributed by atoms with Crippen molar-refractivity contribution in [3.63, 3.8) is 0 Å². The summed E-state index contributed by atoms with van der Waals surface area (Å²) in [7, 11) is 0. The highest BCUT2D eigenvalue weighted by Crippen LogP contribution is 2.32. The highest BCUT2D eigenvalue weighted by atomic mass is 16.4. The van der Waals surface area contributed by atoms with E-state index >= 15 is 0 Å². The highest BCUT2D eigenvalue weighted by molar-refractivity contribution is 5.94. The number of unbranched alkanes of at least 4 members (excludes halogenated alkanes) is 3. The number of rotatable bonds is 12. The maximum atomic E-state index is 12.4. The predicted molar refractivity (Wildman–Crippen MR) is 162 cm³/mol. The number of carbonyl (C=O) groups excluding carboxylic acids is 1. The van der Waals surface area contributed by atoms with Crippen LogP contribution in [0.5, 0.6) is 0 Å². The number of aromatic nitrogens is 2. The summed E-state index contributed by atoms with van der Waals surface area (Å²) in [5, 5.41) is 17.4. The Kier molecular flexibility index (Phi) is 9.41. The van der Waals surface area contributed by atoms with Gasteiger partial charge in [-0.15, -0.1) is 0 Å². The van der Waals surface area contributed by atoms with Crippen LogP contribution in [0.15, 0.2) is 72.9 Å². The molecule has 0 aliphatic carbocycles. The van der Waals surface area contributed by atoms with Gasteiger partial charge in [0.05, 0.1) is 24.2 Å². The van der Waals surface area contributed by atoms with Crippen LogP contribution in [0.2, 0.25) is 0 Å². The Bertz CT molecular complexity index is 1430. The molecule has 0 aliphatic heterocycles. The molecule has 6 heteroatoms. The second-order valence-electron chi connectivity index (χ2n) is 11.6. The molecular weight excluding hydrogens is 498 g/mol. The Morgan fingerprint density at radius 3 is 2.27 bits per heavy atom. The van der Waals surface area contributed by atoms with Crippen LogP contribution in [0.1, 0.15) is 93.7 Å². The topological polar surface area (TPSA) is 84.2 Å². The Morgan fingerprint density at radius 1 is 0.925 bits per heavy atom. The number of fused-ring (bicyclic) bond motifs is 1. The molecule has 0 spiro atoms. The highest BCUT2D eigenvalue weighted by Gasteiger charge is 2.19. The van der Waals surface area contributed by atoms with Gasteiger partial charge in [-0.3, -0.25) is 14.3 Å². The first-order valence-electron chi connectivity index (χ1n) is 14.4. The lowest BCUT2D eigenvalue weighted by Crippen LogP contribution is -2.26. The quantitative estimate of drug-likeness (QED) is 0.180. The summed E-state index contributed by atoms with van der Waals surface area (Å²) in [6, 6.07) is 23.0. The van der Waals surface area contributed by atoms with Crippen molar-refractivity contribution in [1.29, 1.82) is 0 Å². The lowest BCUT2D eigenvalue weighted by molar-refractivity contribution is -0.136. The van der Waals surface area contributed by atoms with Gasteiger partial charge in [0.1, 0.15) is 0 Å². The van der Waals surface area contributed by atoms with Crippen molar-refractivity contribution in [2.75, 3.05) is 6.54 Å². The fourth-order valence-electron chi connectivity index (χ4n) is 5.08. The smallest absolute Gasteiger partial charge is 0.305 e. The number of carboxylic acid groups (broad SMARTS) is 1. The van der Waals surface area contributed by atoms with Crippen molar-refractivity contribution >= 4 is 22.8 Å². The molecule has 0 radical (unpaired) electrons. The number of amides is 1. The first-order valence-corrected chi connectivity index (χ1v) is 14.4. The van der Waals surface area contributed by atoms with E-state index in [1.165, 1.54) is 36.0 Å². The van der Waals surface area contributed by atoms with Gasteiger partial charge in [0.2, 0.25) is 0 Å². The number of carbonyl (C=O) groups is 2. The summed E-state index contributed by atoms with van der Waals surface area (Å²) in [4.78, 5) is 23.2. The molecular formula is C34H41N3O3. The van der Waals surface area contributed by atoms with Crippen LogP contribution in [0.25, 0.3) is 22.0 Å². The summed E-state index contributed by atoms with van der Waals surface area (Å²) in [6.45, 7) is 9.01. The van der Waals surface area contributed by atoms with Gasteiger partial charge < -0.3 is 10.4 Å². The summed E-state index contributed by atoms with van der Waals surface area (Å²) >= 11 is 0. The average molecular weight is 540 g/mol. The zero-order valence-electron chi connectivity index (χ0n) is 24.1. The van der Waals surface area contributed by atoms with Gasteiger partial charge in [-0.1, -0.05) is 95.8 Å². The zero-order chi connectivity index (χ0) is 28.7. The molecule has 0 fully saturated rings. The second-order valence-corrected chi connectivity index (χ2v) is 11.6. The predicted octanol–water partition coefficient (Wildman–Crippen LogP) is 7.77. The van der Waals surface area contributed by atoms with E-state index in [2.05, 4.69) is 80.2 Å². The van der Waals surface area contributed by atoms with Crippen LogP contribution in [-0.4, -0.2) is 33.3 Å². The van der Waals surface area contributed by atoms with E-state index in [4.69, 9.17) is 10.2 Å². The Hall–Kier alpha value is -3.93. The zero-order valence-corrected chi connectivity index (χ0v) is 24.1. The number of hydrogen-bond donors (Lipinski definition) is 2. The van der Waals surface area contributed by atoms with E-state index in [0.717, 1.165) is 29.3 Å². The largest absolute Gasteiger partial charge is 0.481 e. The lowest BCUT2D eigenvalue weighted by Gasteiger charge is -2.20. The minimum absolute atomic E-state index is 0.0513. The van der Waals surface area contributed by atoms with E-state index < -0.39 is 5.97 Å². The van der Waals surface area contributed by atoms with Gasteiger partial charge in [0, 0.05) is 17.5 Å². The summed E-state index contributed by atoms with van der Waals surface area (Å²) < 4.78 is 2.12. The Morgan fingerprint density at radius 2 is 1.62 bits per heavy atom. The molecule has 1 heterocycles. The van der Waals surface area contributed by atoms with Gasteiger partial charge in [0.15, 0.2) is 0 Å². The molecule has 0 saturated heterocycles. The third-order valence-corrected chi connectivity index (χ3v) is 7.49. The van der Waals surface area contributed by atoms with Crippen molar-refractivity contribution in [2.45, 2.75) is 77.7 Å². The van der Waals surface area contributed by atoms with Crippen LogP contribution >= 0.6 is 0 Å². The number of hydrogen-bond acceptors (Lipinski definition) is 3. The van der Waals surface area contributed by atoms with E-state index in [0.29, 0.717) is 5.56 Å². The average Bonchev–Trinajstić information content (AvgIpc) is 3.35. The molecule has 1 unspecified atom stereocenters. The lowest BCUT2D eigenvalue weighted by atomic mass is 9.86. The molecule has 6 nitrogen and oxygen atoms in total. The number of benzene rings is 3. The standard InChI is InChI=1S/C34H41N3O3/c1-5-6-7-8-9-30(25-10-12-26(13-11-25)33(40)35-21-20-32(38)39)37-31-19-16-27(22-28(31)23-36-37)24-14-17-29(18-15-24)34(2,3)4/h10-19,22-23,30H,5-9,20-21H2,1-4H3,(H,35,40)(H,38,39). The van der Waals surface area contributed by atoms with E-state index in [9.17, 15) is 9.59 Å². The molecule has 4 aromatic rings. The van der Waals surface area contributed by atoms with Crippen LogP contribution in [0, 0.1) is 0 Å². The fraction of sp³-hybridized carbons (Fsp3) is 0.382. The maximum Gasteiger partial charge on any atom is 0.305 e.